The molecule has 1 N–H and O–H groups in total. The molecular formula is C17H25N3O3S. The number of carbonyl (C=O) groups is 1. The summed E-state index contributed by atoms with van der Waals surface area (Å²) in [5.41, 5.74) is 0.975. The number of amides is 1. The van der Waals surface area contributed by atoms with Crippen LogP contribution in [0, 0.1) is 5.92 Å². The van der Waals surface area contributed by atoms with Gasteiger partial charge in [-0.3, -0.25) is 4.79 Å². The summed E-state index contributed by atoms with van der Waals surface area (Å²) in [6, 6.07) is 4.43. The number of piperidine rings is 1. The first-order valence-electron chi connectivity index (χ1n) is 8.50. The minimum Gasteiger partial charge on any atom is -0.364 e. The molecule has 1 aromatic rings. The average molecular weight is 351 g/mol. The third kappa shape index (κ3) is 3.41. The van der Waals surface area contributed by atoms with E-state index in [0.717, 1.165) is 31.4 Å². The second-order valence-corrected chi connectivity index (χ2v) is 9.21. The van der Waals surface area contributed by atoms with Gasteiger partial charge in [-0.1, -0.05) is 13.8 Å². The van der Waals surface area contributed by atoms with Crippen molar-refractivity contribution >= 4 is 21.4 Å². The van der Waals surface area contributed by atoms with Gasteiger partial charge in [0.15, 0.2) is 14.9 Å². The number of anilines is 1. The molecule has 0 aromatic carbocycles. The van der Waals surface area contributed by atoms with Crippen molar-refractivity contribution in [3.8, 4) is 0 Å². The van der Waals surface area contributed by atoms with Crippen LogP contribution in [0.25, 0.3) is 0 Å². The van der Waals surface area contributed by atoms with Gasteiger partial charge >= 0.3 is 0 Å². The van der Waals surface area contributed by atoms with Crippen LogP contribution in [-0.4, -0.2) is 43.7 Å². The standard InChI is InChI=1S/C17H25N3O3S/c1-11(2)17(21)19-12-8-13-4-5-14(9-12)20(13)15-6-7-16(18-10-15)24(3,22)23/h6-7,10-14H,4-5,8-9H2,1-3H3,(H,19,21). The number of aromatic nitrogens is 1. The smallest absolute Gasteiger partial charge is 0.222 e. The fourth-order valence-electron chi connectivity index (χ4n) is 3.83. The van der Waals surface area contributed by atoms with Crippen molar-refractivity contribution in [3.05, 3.63) is 18.3 Å². The van der Waals surface area contributed by atoms with Crippen molar-refractivity contribution in [1.82, 2.24) is 10.3 Å². The van der Waals surface area contributed by atoms with Gasteiger partial charge in [-0.15, -0.1) is 0 Å². The van der Waals surface area contributed by atoms with Crippen LogP contribution in [0.15, 0.2) is 23.4 Å². The molecule has 2 unspecified atom stereocenters. The zero-order valence-electron chi connectivity index (χ0n) is 14.4. The molecule has 2 bridgehead atoms. The van der Waals surface area contributed by atoms with Gasteiger partial charge in [-0.05, 0) is 37.8 Å². The molecule has 7 heteroatoms. The largest absolute Gasteiger partial charge is 0.364 e. The lowest BCUT2D eigenvalue weighted by molar-refractivity contribution is -0.124. The normalized spacial score (nSPS) is 26.7. The van der Waals surface area contributed by atoms with Crippen LogP contribution >= 0.6 is 0 Å². The molecule has 3 heterocycles. The Kier molecular flexibility index (Phi) is 4.55. The number of carbonyl (C=O) groups excluding carboxylic acids is 1. The molecular weight excluding hydrogens is 326 g/mol. The molecule has 3 rings (SSSR count). The van der Waals surface area contributed by atoms with Crippen molar-refractivity contribution in [2.45, 2.75) is 62.7 Å². The van der Waals surface area contributed by atoms with Gasteiger partial charge in [0.1, 0.15) is 0 Å². The molecule has 0 saturated carbocycles. The van der Waals surface area contributed by atoms with Crippen LogP contribution in [0.5, 0.6) is 0 Å². The maximum absolute atomic E-state index is 11.9. The van der Waals surface area contributed by atoms with Crippen LogP contribution in [-0.2, 0) is 14.6 Å². The van der Waals surface area contributed by atoms with Gasteiger partial charge in [-0.25, -0.2) is 13.4 Å². The molecule has 0 spiro atoms. The lowest BCUT2D eigenvalue weighted by atomic mass is 9.96. The number of nitrogens with zero attached hydrogens (tertiary/aromatic N) is 2. The van der Waals surface area contributed by atoms with Gasteiger partial charge < -0.3 is 10.2 Å². The van der Waals surface area contributed by atoms with Crippen LogP contribution in [0.3, 0.4) is 0 Å². The van der Waals surface area contributed by atoms with Gasteiger partial charge in [0.05, 0.1) is 11.9 Å². The highest BCUT2D eigenvalue weighted by atomic mass is 32.2. The van der Waals surface area contributed by atoms with Crippen LogP contribution in [0.4, 0.5) is 5.69 Å². The third-order valence-corrected chi connectivity index (χ3v) is 6.00. The first-order valence-corrected chi connectivity index (χ1v) is 10.4. The minimum absolute atomic E-state index is 0.00780. The molecule has 2 atom stereocenters. The molecule has 2 aliphatic rings. The summed E-state index contributed by atoms with van der Waals surface area (Å²) in [4.78, 5) is 18.4. The summed E-state index contributed by atoms with van der Waals surface area (Å²) < 4.78 is 23.1. The molecule has 0 radical (unpaired) electrons. The summed E-state index contributed by atoms with van der Waals surface area (Å²) in [7, 11) is -3.27. The van der Waals surface area contributed by atoms with E-state index in [2.05, 4.69) is 15.2 Å². The van der Waals surface area contributed by atoms with Crippen molar-refractivity contribution in [3.63, 3.8) is 0 Å². The number of nitrogens with one attached hydrogen (secondary N) is 1. The van der Waals surface area contributed by atoms with Gasteiger partial charge in [0.2, 0.25) is 5.91 Å². The van der Waals surface area contributed by atoms with Gasteiger partial charge in [-0.2, -0.15) is 0 Å². The Hall–Kier alpha value is -1.63. The second kappa shape index (κ2) is 6.35. The average Bonchev–Trinajstić information content (AvgIpc) is 2.77. The Morgan fingerprint density at radius 1 is 1.25 bits per heavy atom. The van der Waals surface area contributed by atoms with E-state index in [0.29, 0.717) is 12.1 Å². The van der Waals surface area contributed by atoms with E-state index in [9.17, 15) is 13.2 Å². The number of hydrogen-bond donors (Lipinski definition) is 1. The Labute approximate surface area is 143 Å². The zero-order chi connectivity index (χ0) is 17.5. The van der Waals surface area contributed by atoms with Gasteiger partial charge in [0.25, 0.3) is 0 Å². The van der Waals surface area contributed by atoms with Crippen molar-refractivity contribution in [2.75, 3.05) is 11.2 Å². The van der Waals surface area contributed by atoms with Crippen molar-refractivity contribution < 1.29 is 13.2 Å². The first kappa shape index (κ1) is 17.2. The van der Waals surface area contributed by atoms with E-state index in [1.54, 1.807) is 12.3 Å². The molecule has 1 amide bonds. The van der Waals surface area contributed by atoms with Gasteiger partial charge in [0, 0.05) is 30.3 Å². The topological polar surface area (TPSA) is 79.4 Å². The molecule has 2 saturated heterocycles. The van der Waals surface area contributed by atoms with Crippen molar-refractivity contribution in [2.24, 2.45) is 5.92 Å². The third-order valence-electron chi connectivity index (χ3n) is 5.00. The molecule has 132 valence electrons. The predicted molar refractivity (Wildman–Crippen MR) is 92.6 cm³/mol. The van der Waals surface area contributed by atoms with E-state index in [1.165, 1.54) is 6.26 Å². The fourth-order valence-corrected chi connectivity index (χ4v) is 4.39. The van der Waals surface area contributed by atoms with Crippen LogP contribution < -0.4 is 10.2 Å². The number of sulfone groups is 1. The number of rotatable bonds is 4. The lowest BCUT2D eigenvalue weighted by Crippen LogP contribution is -2.51. The summed E-state index contributed by atoms with van der Waals surface area (Å²) in [6.45, 7) is 3.82. The van der Waals surface area contributed by atoms with E-state index in [1.807, 2.05) is 19.9 Å². The molecule has 24 heavy (non-hydrogen) atoms. The lowest BCUT2D eigenvalue weighted by Gasteiger charge is -2.40. The second-order valence-electron chi connectivity index (χ2n) is 7.25. The quantitative estimate of drug-likeness (QED) is 0.894. The highest BCUT2D eigenvalue weighted by molar-refractivity contribution is 7.90. The van der Waals surface area contributed by atoms with Crippen molar-refractivity contribution in [1.29, 1.82) is 0 Å². The van der Waals surface area contributed by atoms with E-state index in [4.69, 9.17) is 0 Å². The molecule has 2 fully saturated rings. The minimum atomic E-state index is -3.27. The molecule has 2 aliphatic heterocycles. The highest BCUT2D eigenvalue weighted by Gasteiger charge is 2.41. The first-order chi connectivity index (χ1) is 11.3. The Balaban J connectivity index is 1.72. The summed E-state index contributed by atoms with van der Waals surface area (Å²) in [6.07, 6.45) is 6.90. The Bertz CT molecular complexity index is 701. The molecule has 6 nitrogen and oxygen atoms in total. The number of hydrogen-bond acceptors (Lipinski definition) is 5. The van der Waals surface area contributed by atoms with E-state index < -0.39 is 9.84 Å². The van der Waals surface area contributed by atoms with Crippen LogP contribution in [0.2, 0.25) is 0 Å². The Morgan fingerprint density at radius 3 is 2.33 bits per heavy atom. The van der Waals surface area contributed by atoms with Crippen LogP contribution in [0.1, 0.15) is 39.5 Å². The zero-order valence-corrected chi connectivity index (χ0v) is 15.2. The summed E-state index contributed by atoms with van der Waals surface area (Å²) in [5, 5.41) is 3.27. The monoisotopic (exact) mass is 351 g/mol. The van der Waals surface area contributed by atoms with E-state index >= 15 is 0 Å². The maximum Gasteiger partial charge on any atom is 0.222 e. The number of pyridine rings is 1. The highest BCUT2D eigenvalue weighted by Crippen LogP contribution is 2.39. The maximum atomic E-state index is 11.9. The SMILES string of the molecule is CC(C)C(=O)NC1CC2CCC(C1)N2c1ccc(S(C)(=O)=O)nc1. The summed E-state index contributed by atoms with van der Waals surface area (Å²) in [5.74, 6) is 0.125. The molecule has 1 aromatic heterocycles. The predicted octanol–water partition coefficient (Wildman–Crippen LogP) is 1.76. The number of fused-ring (bicyclic) bond motifs is 2. The van der Waals surface area contributed by atoms with E-state index in [-0.39, 0.29) is 22.9 Å². The fraction of sp³-hybridized carbons (Fsp3) is 0.647. The Morgan fingerprint density at radius 2 is 1.88 bits per heavy atom. The summed E-state index contributed by atoms with van der Waals surface area (Å²) >= 11 is 0. The molecule has 0 aliphatic carbocycles.